The molecule has 5 nitrogen and oxygen atoms in total. The van der Waals surface area contributed by atoms with Gasteiger partial charge in [-0.2, -0.15) is 5.26 Å². The van der Waals surface area contributed by atoms with Crippen LogP contribution in [0, 0.1) is 11.3 Å². The second-order valence-electron chi connectivity index (χ2n) is 4.29. The highest BCUT2D eigenvalue weighted by molar-refractivity contribution is 9.10. The second-order valence-corrected chi connectivity index (χ2v) is 5.21. The predicted molar refractivity (Wildman–Crippen MR) is 73.2 cm³/mol. The van der Waals surface area contributed by atoms with Crippen molar-refractivity contribution in [2.45, 2.75) is 12.8 Å². The molecule has 6 heteroatoms. The number of aromatic nitrogens is 2. The lowest BCUT2D eigenvalue weighted by Crippen LogP contribution is -2.47. The molecule has 1 aromatic heterocycles. The summed E-state index contributed by atoms with van der Waals surface area (Å²) in [6.07, 6.45) is 5.17. The number of halogens is 1. The maximum absolute atomic E-state index is 8.51. The van der Waals surface area contributed by atoms with Crippen LogP contribution in [-0.2, 0) is 0 Å². The van der Waals surface area contributed by atoms with Gasteiger partial charge in [0.25, 0.3) is 0 Å². The second kappa shape index (κ2) is 6.66. The first-order valence-electron chi connectivity index (χ1n) is 6.11. The van der Waals surface area contributed by atoms with Gasteiger partial charge in [-0.3, -0.25) is 4.90 Å². The van der Waals surface area contributed by atoms with E-state index in [2.05, 4.69) is 41.8 Å². The Hall–Kier alpha value is -1.19. The van der Waals surface area contributed by atoms with Crippen molar-refractivity contribution >= 4 is 21.9 Å². The zero-order valence-electron chi connectivity index (χ0n) is 10.2. The lowest BCUT2D eigenvalue weighted by Gasteiger charge is -2.34. The Balaban J connectivity index is 1.79. The minimum absolute atomic E-state index is 0.649. The average molecular weight is 310 g/mol. The molecular weight excluding hydrogens is 294 g/mol. The number of hydrogen-bond acceptors (Lipinski definition) is 5. The van der Waals surface area contributed by atoms with E-state index < -0.39 is 0 Å². The van der Waals surface area contributed by atoms with Crippen LogP contribution in [0.1, 0.15) is 12.8 Å². The van der Waals surface area contributed by atoms with E-state index >= 15 is 0 Å². The minimum atomic E-state index is 0.649. The van der Waals surface area contributed by atoms with Crippen LogP contribution in [0.4, 0.5) is 5.95 Å². The van der Waals surface area contributed by atoms with Gasteiger partial charge in [-0.1, -0.05) is 0 Å². The minimum Gasteiger partial charge on any atom is -0.338 e. The molecule has 0 N–H and O–H groups in total. The van der Waals surface area contributed by atoms with E-state index in [-0.39, 0.29) is 0 Å². The van der Waals surface area contributed by atoms with Gasteiger partial charge < -0.3 is 4.90 Å². The highest BCUT2D eigenvalue weighted by Crippen LogP contribution is 2.13. The standard InChI is InChI=1S/C12H16BrN5/c13-11-9-15-12(16-10-11)18-7-5-17(6-8-18)4-2-1-3-14/h9-10H,1-2,4-8H2. The molecule has 1 fully saturated rings. The topological polar surface area (TPSA) is 56.1 Å². The van der Waals surface area contributed by atoms with Crippen LogP contribution in [0.2, 0.25) is 0 Å². The van der Waals surface area contributed by atoms with Gasteiger partial charge in [-0.05, 0) is 28.9 Å². The Morgan fingerprint density at radius 3 is 2.50 bits per heavy atom. The Bertz CT molecular complexity index is 405. The predicted octanol–water partition coefficient (Wildman–Crippen LogP) is 1.66. The Kier molecular flexibility index (Phi) is 4.90. The van der Waals surface area contributed by atoms with Gasteiger partial charge in [0.05, 0.1) is 10.5 Å². The Morgan fingerprint density at radius 1 is 1.22 bits per heavy atom. The van der Waals surface area contributed by atoms with Gasteiger partial charge >= 0.3 is 0 Å². The number of hydrogen-bond donors (Lipinski definition) is 0. The third kappa shape index (κ3) is 3.65. The van der Waals surface area contributed by atoms with E-state index in [9.17, 15) is 0 Å². The molecule has 0 unspecified atom stereocenters. The fourth-order valence-electron chi connectivity index (χ4n) is 2.02. The van der Waals surface area contributed by atoms with E-state index in [1.54, 1.807) is 12.4 Å². The molecule has 1 aromatic rings. The van der Waals surface area contributed by atoms with Crippen LogP contribution >= 0.6 is 15.9 Å². The summed E-state index contributed by atoms with van der Waals surface area (Å²) in [4.78, 5) is 13.2. The van der Waals surface area contributed by atoms with Crippen LogP contribution in [-0.4, -0.2) is 47.6 Å². The molecule has 0 bridgehead atoms. The summed E-state index contributed by atoms with van der Waals surface area (Å²) in [6, 6.07) is 2.19. The normalized spacial score (nSPS) is 16.6. The number of nitrogens with zero attached hydrogens (tertiary/aromatic N) is 5. The smallest absolute Gasteiger partial charge is 0.225 e. The molecule has 2 heterocycles. The molecule has 0 atom stereocenters. The van der Waals surface area contributed by atoms with E-state index in [0.29, 0.717) is 6.42 Å². The first-order valence-corrected chi connectivity index (χ1v) is 6.90. The van der Waals surface area contributed by atoms with Gasteiger partial charge in [-0.15, -0.1) is 0 Å². The molecule has 1 aliphatic rings. The molecule has 18 heavy (non-hydrogen) atoms. The Labute approximate surface area is 116 Å². The molecule has 0 radical (unpaired) electrons. The summed E-state index contributed by atoms with van der Waals surface area (Å²) in [5.74, 6) is 0.801. The summed E-state index contributed by atoms with van der Waals surface area (Å²) in [5, 5.41) is 8.51. The van der Waals surface area contributed by atoms with Crippen molar-refractivity contribution in [3.63, 3.8) is 0 Å². The number of nitriles is 1. The monoisotopic (exact) mass is 309 g/mol. The van der Waals surface area contributed by atoms with E-state index in [1.165, 1.54) is 0 Å². The zero-order valence-corrected chi connectivity index (χ0v) is 11.8. The summed E-state index contributed by atoms with van der Waals surface area (Å²) in [6.45, 7) is 4.96. The first-order chi connectivity index (χ1) is 8.79. The SMILES string of the molecule is N#CCCCN1CCN(c2ncc(Br)cn2)CC1. The molecular formula is C12H16BrN5. The van der Waals surface area contributed by atoms with E-state index in [4.69, 9.17) is 5.26 Å². The van der Waals surface area contributed by atoms with Crippen molar-refractivity contribution in [2.75, 3.05) is 37.6 Å². The van der Waals surface area contributed by atoms with Crippen molar-refractivity contribution in [1.82, 2.24) is 14.9 Å². The summed E-state index contributed by atoms with van der Waals surface area (Å²) < 4.78 is 0.904. The molecule has 0 spiro atoms. The van der Waals surface area contributed by atoms with Gasteiger partial charge in [0.15, 0.2) is 0 Å². The lowest BCUT2D eigenvalue weighted by molar-refractivity contribution is 0.255. The molecule has 0 saturated carbocycles. The highest BCUT2D eigenvalue weighted by atomic mass is 79.9. The number of piperazine rings is 1. The van der Waals surface area contributed by atoms with Gasteiger partial charge in [0, 0.05) is 45.0 Å². The summed E-state index contributed by atoms with van der Waals surface area (Å²) in [5.41, 5.74) is 0. The number of anilines is 1. The van der Waals surface area contributed by atoms with Gasteiger partial charge in [0.2, 0.25) is 5.95 Å². The number of unbranched alkanes of at least 4 members (excludes halogenated alkanes) is 1. The summed E-state index contributed by atoms with van der Waals surface area (Å²) >= 11 is 3.34. The highest BCUT2D eigenvalue weighted by Gasteiger charge is 2.18. The molecule has 0 aromatic carbocycles. The van der Waals surface area contributed by atoms with Crippen LogP contribution in [0.15, 0.2) is 16.9 Å². The van der Waals surface area contributed by atoms with Crippen molar-refractivity contribution in [3.05, 3.63) is 16.9 Å². The van der Waals surface area contributed by atoms with Crippen molar-refractivity contribution in [2.24, 2.45) is 0 Å². The van der Waals surface area contributed by atoms with E-state index in [1.807, 2.05) is 0 Å². The van der Waals surface area contributed by atoms with Gasteiger partial charge in [0.1, 0.15) is 0 Å². The average Bonchev–Trinajstić information content (AvgIpc) is 2.41. The van der Waals surface area contributed by atoms with Crippen LogP contribution in [0.25, 0.3) is 0 Å². The third-order valence-electron chi connectivity index (χ3n) is 3.02. The Morgan fingerprint density at radius 2 is 1.89 bits per heavy atom. The summed E-state index contributed by atoms with van der Waals surface area (Å²) in [7, 11) is 0. The van der Waals surface area contributed by atoms with Gasteiger partial charge in [-0.25, -0.2) is 9.97 Å². The quantitative estimate of drug-likeness (QED) is 0.792. The fourth-order valence-corrected chi connectivity index (χ4v) is 2.23. The molecule has 1 saturated heterocycles. The van der Waals surface area contributed by atoms with Crippen molar-refractivity contribution in [3.8, 4) is 6.07 Å². The largest absolute Gasteiger partial charge is 0.338 e. The molecule has 96 valence electrons. The fraction of sp³-hybridized carbons (Fsp3) is 0.583. The van der Waals surface area contributed by atoms with E-state index in [0.717, 1.165) is 49.6 Å². The van der Waals surface area contributed by atoms with Crippen molar-refractivity contribution in [1.29, 1.82) is 5.26 Å². The molecule has 0 amide bonds. The van der Waals surface area contributed by atoms with Crippen molar-refractivity contribution < 1.29 is 0 Å². The van der Waals surface area contributed by atoms with Crippen LogP contribution in [0.5, 0.6) is 0 Å². The third-order valence-corrected chi connectivity index (χ3v) is 3.43. The zero-order chi connectivity index (χ0) is 12.8. The van der Waals surface area contributed by atoms with Crippen LogP contribution < -0.4 is 4.90 Å². The maximum Gasteiger partial charge on any atom is 0.225 e. The van der Waals surface area contributed by atoms with Crippen LogP contribution in [0.3, 0.4) is 0 Å². The lowest BCUT2D eigenvalue weighted by atomic mass is 10.2. The molecule has 1 aliphatic heterocycles. The maximum atomic E-state index is 8.51. The number of rotatable bonds is 4. The molecule has 0 aliphatic carbocycles. The first kappa shape index (κ1) is 13.2. The molecule has 2 rings (SSSR count).